The van der Waals surface area contributed by atoms with Crippen molar-refractivity contribution >= 4 is 64.7 Å². The first-order valence-corrected chi connectivity index (χ1v) is 17.4. The molecule has 1 radical (unpaired) electrons. The molecule has 49 heavy (non-hydrogen) atoms. The Bertz CT molecular complexity index is 2120. The molecule has 3 aromatic heterocycles. The zero-order chi connectivity index (χ0) is 32.9. The number of aromatic hydroxyl groups is 3. The molecule has 0 bridgehead atoms. The van der Waals surface area contributed by atoms with E-state index < -0.39 is 0 Å². The second-order valence-electron chi connectivity index (χ2n) is 10.5. The Kier molecular flexibility index (Phi) is 11.2. The SMILES string of the molecule is Oc1ccccc1-c1nc2ccccc2s1.Oc1ccccc1-c1nc2ccccc2s1.Oc1ccccc1-c1nc2ccccc2s1.[La]. The summed E-state index contributed by atoms with van der Waals surface area (Å²) in [6.45, 7) is 0. The van der Waals surface area contributed by atoms with Crippen molar-refractivity contribution in [1.29, 1.82) is 0 Å². The molecule has 6 nitrogen and oxygen atoms in total. The summed E-state index contributed by atoms with van der Waals surface area (Å²) < 4.78 is 3.42. The number of para-hydroxylation sites is 6. The first-order valence-electron chi connectivity index (χ1n) is 15.0. The number of phenols is 3. The van der Waals surface area contributed by atoms with Gasteiger partial charge in [0.05, 0.1) is 47.3 Å². The van der Waals surface area contributed by atoms with Crippen LogP contribution in [0.15, 0.2) is 146 Å². The topological polar surface area (TPSA) is 99.4 Å². The molecule has 0 fully saturated rings. The number of aromatic nitrogens is 3. The van der Waals surface area contributed by atoms with E-state index in [4.69, 9.17) is 0 Å². The molecule has 3 heterocycles. The molecule has 0 spiro atoms. The number of hydrogen-bond donors (Lipinski definition) is 3. The van der Waals surface area contributed by atoms with Crippen LogP contribution in [0.2, 0.25) is 0 Å². The zero-order valence-corrected chi connectivity index (χ0v) is 31.9. The predicted molar refractivity (Wildman–Crippen MR) is 200 cm³/mol. The van der Waals surface area contributed by atoms with Gasteiger partial charge < -0.3 is 15.3 Å². The number of benzene rings is 6. The van der Waals surface area contributed by atoms with Crippen molar-refractivity contribution < 1.29 is 50.9 Å². The van der Waals surface area contributed by atoms with Gasteiger partial charge in [0.1, 0.15) is 32.3 Å². The van der Waals surface area contributed by atoms with Gasteiger partial charge in [0.2, 0.25) is 0 Å². The van der Waals surface area contributed by atoms with Gasteiger partial charge in [-0.25, -0.2) is 15.0 Å². The Morgan fingerprint density at radius 2 is 0.571 bits per heavy atom. The van der Waals surface area contributed by atoms with Gasteiger partial charge in [0.25, 0.3) is 0 Å². The van der Waals surface area contributed by atoms with Gasteiger partial charge in [-0.2, -0.15) is 0 Å². The maximum Gasteiger partial charge on any atom is 0.128 e. The smallest absolute Gasteiger partial charge is 0.128 e. The second kappa shape index (κ2) is 15.9. The second-order valence-corrected chi connectivity index (χ2v) is 13.6. The molecular weight excluding hydrogens is 794 g/mol. The monoisotopic (exact) mass is 820 g/mol. The van der Waals surface area contributed by atoms with Crippen LogP contribution in [0.4, 0.5) is 0 Å². The molecule has 0 amide bonds. The summed E-state index contributed by atoms with van der Waals surface area (Å²) in [7, 11) is 0. The van der Waals surface area contributed by atoms with Crippen LogP contribution in [0.5, 0.6) is 17.2 Å². The number of hydrogen-bond acceptors (Lipinski definition) is 9. The molecule has 0 aliphatic carbocycles. The summed E-state index contributed by atoms with van der Waals surface area (Å²) in [6, 6.07) is 45.8. The third-order valence-electron chi connectivity index (χ3n) is 7.29. The summed E-state index contributed by atoms with van der Waals surface area (Å²) in [5.74, 6) is 0.838. The van der Waals surface area contributed by atoms with Crippen LogP contribution in [0.1, 0.15) is 0 Å². The number of thiazole rings is 3. The van der Waals surface area contributed by atoms with Gasteiger partial charge in [-0.15, -0.1) is 34.0 Å². The third-order valence-corrected chi connectivity index (χ3v) is 10.5. The van der Waals surface area contributed by atoms with Crippen LogP contribution in [-0.2, 0) is 0 Å². The molecule has 0 saturated carbocycles. The minimum absolute atomic E-state index is 0. The van der Waals surface area contributed by atoms with Crippen LogP contribution >= 0.6 is 34.0 Å². The first-order chi connectivity index (χ1) is 23.5. The van der Waals surface area contributed by atoms with Crippen molar-refractivity contribution in [1.82, 2.24) is 15.0 Å². The maximum atomic E-state index is 9.76. The maximum absolute atomic E-state index is 9.76. The summed E-state index contributed by atoms with van der Waals surface area (Å²) in [4.78, 5) is 13.5. The first kappa shape index (κ1) is 34.4. The van der Waals surface area contributed by atoms with E-state index in [2.05, 4.69) is 15.0 Å². The van der Waals surface area contributed by atoms with Crippen LogP contribution in [0.3, 0.4) is 0 Å². The van der Waals surface area contributed by atoms with E-state index in [-0.39, 0.29) is 52.8 Å². The molecule has 9 rings (SSSR count). The van der Waals surface area contributed by atoms with E-state index >= 15 is 0 Å². The average molecular weight is 821 g/mol. The normalized spacial score (nSPS) is 10.5. The van der Waals surface area contributed by atoms with Crippen LogP contribution in [0.25, 0.3) is 62.4 Å². The van der Waals surface area contributed by atoms with E-state index in [1.165, 1.54) is 0 Å². The fraction of sp³-hybridized carbons (Fsp3) is 0. The molecular formula is C39H27LaN3O3S3. The number of phenolic OH excluding ortho intramolecular Hbond substituents is 3. The molecule has 237 valence electrons. The van der Waals surface area contributed by atoms with Crippen LogP contribution in [0, 0.1) is 35.6 Å². The molecule has 9 aromatic rings. The van der Waals surface area contributed by atoms with E-state index in [0.29, 0.717) is 0 Å². The van der Waals surface area contributed by atoms with Crippen LogP contribution in [-0.4, -0.2) is 30.3 Å². The van der Waals surface area contributed by atoms with Crippen molar-refractivity contribution in [2.75, 3.05) is 0 Å². The van der Waals surface area contributed by atoms with E-state index in [9.17, 15) is 15.3 Å². The number of nitrogens with zero attached hydrogens (tertiary/aromatic N) is 3. The fourth-order valence-corrected chi connectivity index (χ4v) is 7.92. The molecule has 0 aliphatic rings. The van der Waals surface area contributed by atoms with Crippen molar-refractivity contribution in [3.63, 3.8) is 0 Å². The van der Waals surface area contributed by atoms with Gasteiger partial charge in [0.15, 0.2) is 0 Å². The van der Waals surface area contributed by atoms with E-state index in [1.807, 2.05) is 127 Å². The quantitative estimate of drug-likeness (QED) is 0.164. The molecule has 3 N–H and O–H groups in total. The summed E-state index contributed by atoms with van der Waals surface area (Å²) >= 11 is 4.78. The molecule has 6 aromatic carbocycles. The van der Waals surface area contributed by atoms with Gasteiger partial charge in [0, 0.05) is 35.6 Å². The number of rotatable bonds is 3. The predicted octanol–water partition coefficient (Wildman–Crippen LogP) is 11.0. The third kappa shape index (κ3) is 7.91. The Hall–Kier alpha value is -4.42. The molecule has 0 atom stereocenters. The zero-order valence-electron chi connectivity index (χ0n) is 25.8. The summed E-state index contributed by atoms with van der Waals surface area (Å²) in [5.41, 5.74) is 5.32. The number of fused-ring (bicyclic) bond motifs is 3. The van der Waals surface area contributed by atoms with Crippen molar-refractivity contribution in [3.8, 4) is 49.0 Å². The average Bonchev–Trinajstić information content (AvgIpc) is 3.86. The Morgan fingerprint density at radius 1 is 0.327 bits per heavy atom. The van der Waals surface area contributed by atoms with Gasteiger partial charge in [-0.1, -0.05) is 72.8 Å². The van der Waals surface area contributed by atoms with Crippen LogP contribution < -0.4 is 0 Å². The Labute approximate surface area is 322 Å². The standard InChI is InChI=1S/3C13H9NOS.La/c3*15-11-7-3-1-5-9(11)13-14-10-6-2-4-8-12(10)16-13;/h3*1-8,15H;. The van der Waals surface area contributed by atoms with E-state index in [1.54, 1.807) is 52.2 Å². The minimum Gasteiger partial charge on any atom is -0.507 e. The van der Waals surface area contributed by atoms with Gasteiger partial charge >= 0.3 is 0 Å². The van der Waals surface area contributed by atoms with Crippen molar-refractivity contribution in [2.24, 2.45) is 0 Å². The largest absolute Gasteiger partial charge is 0.507 e. The minimum atomic E-state index is 0. The fourth-order valence-electron chi connectivity index (χ4n) is 4.93. The van der Waals surface area contributed by atoms with Crippen molar-refractivity contribution in [2.45, 2.75) is 0 Å². The molecule has 0 saturated heterocycles. The Balaban J connectivity index is 0.000000126. The summed E-state index contributed by atoms with van der Waals surface area (Å²) in [5, 5.41) is 31.8. The Morgan fingerprint density at radius 3 is 0.837 bits per heavy atom. The molecule has 0 unspecified atom stereocenters. The van der Waals surface area contributed by atoms with Gasteiger partial charge in [-0.05, 0) is 72.8 Å². The van der Waals surface area contributed by atoms with Crippen molar-refractivity contribution in [3.05, 3.63) is 146 Å². The van der Waals surface area contributed by atoms with Gasteiger partial charge in [-0.3, -0.25) is 0 Å². The van der Waals surface area contributed by atoms with E-state index in [0.717, 1.165) is 62.4 Å². The molecule has 10 heteroatoms. The molecule has 0 aliphatic heterocycles. The summed E-state index contributed by atoms with van der Waals surface area (Å²) in [6.07, 6.45) is 0.